The maximum atomic E-state index is 12.6. The molecule has 0 saturated heterocycles. The lowest BCUT2D eigenvalue weighted by Crippen LogP contribution is -2.41. The number of rotatable bonds is 5. The van der Waals surface area contributed by atoms with Crippen LogP contribution in [-0.2, 0) is 10.5 Å². The van der Waals surface area contributed by atoms with E-state index < -0.39 is 10.8 Å². The maximum absolute atomic E-state index is 12.6. The van der Waals surface area contributed by atoms with Gasteiger partial charge in [0.2, 0.25) is 5.17 Å². The number of hydrogen-bond donors (Lipinski definition) is 1. The summed E-state index contributed by atoms with van der Waals surface area (Å²) in [5.41, 5.74) is 1.67. The van der Waals surface area contributed by atoms with E-state index in [0.29, 0.717) is 33.2 Å². The number of carbonyl (C=O) groups is 1. The molecule has 0 radical (unpaired) electrons. The highest BCUT2D eigenvalue weighted by Crippen LogP contribution is 2.33. The average molecular weight is 490 g/mol. The summed E-state index contributed by atoms with van der Waals surface area (Å²) in [7, 11) is 0. The minimum atomic E-state index is -0.554. The molecule has 168 valence electrons. The van der Waals surface area contributed by atoms with Crippen molar-refractivity contribution < 1.29 is 14.1 Å². The minimum Gasteiger partial charge on any atom is -0.457 e. The molecule has 9 nitrogen and oxygen atoms in total. The Bertz CT molecular complexity index is 1410. The van der Waals surface area contributed by atoms with Gasteiger partial charge in [-0.3, -0.25) is 20.3 Å². The van der Waals surface area contributed by atoms with Crippen molar-refractivity contribution in [2.24, 2.45) is 9.39 Å². The van der Waals surface area contributed by atoms with Gasteiger partial charge in [-0.1, -0.05) is 54.2 Å². The van der Waals surface area contributed by atoms with Crippen molar-refractivity contribution in [1.29, 1.82) is 5.41 Å². The van der Waals surface area contributed by atoms with E-state index in [9.17, 15) is 14.9 Å². The second kappa shape index (κ2) is 9.12. The van der Waals surface area contributed by atoms with E-state index in [1.807, 2.05) is 30.3 Å². The third-order valence-corrected chi connectivity index (χ3v) is 6.79. The number of nitro benzene ring substituents is 1. The van der Waals surface area contributed by atoms with E-state index in [1.54, 1.807) is 29.2 Å². The second-order valence-corrected chi connectivity index (χ2v) is 8.86. The smallest absolute Gasteiger partial charge is 0.283 e. The minimum absolute atomic E-state index is 0.0346. The molecule has 2 aliphatic rings. The van der Waals surface area contributed by atoms with Crippen LogP contribution in [-0.4, -0.2) is 31.9 Å². The molecule has 3 aromatic rings. The largest absolute Gasteiger partial charge is 0.457 e. The van der Waals surface area contributed by atoms with Gasteiger partial charge in [0.15, 0.2) is 5.17 Å². The lowest BCUT2D eigenvalue weighted by atomic mass is 10.1. The molecular weight excluding hydrogens is 474 g/mol. The number of amidine groups is 3. The molecule has 0 atom stereocenters. The van der Waals surface area contributed by atoms with Crippen LogP contribution in [0.25, 0.3) is 17.4 Å². The predicted molar refractivity (Wildman–Crippen MR) is 134 cm³/mol. The summed E-state index contributed by atoms with van der Waals surface area (Å²) in [6.07, 6.45) is 1.45. The Balaban J connectivity index is 1.38. The highest BCUT2D eigenvalue weighted by molar-refractivity contribution is 8.18. The Hall–Kier alpha value is -3.96. The molecule has 0 spiro atoms. The molecule has 2 aliphatic heterocycles. The van der Waals surface area contributed by atoms with Crippen molar-refractivity contribution in [3.8, 4) is 11.3 Å². The molecule has 1 amide bonds. The maximum Gasteiger partial charge on any atom is 0.283 e. The van der Waals surface area contributed by atoms with Crippen molar-refractivity contribution >= 4 is 57.6 Å². The first-order chi connectivity index (χ1) is 16.5. The average Bonchev–Trinajstić information content (AvgIpc) is 3.48. The van der Waals surface area contributed by atoms with Gasteiger partial charge in [0, 0.05) is 23.4 Å². The number of hydrogen-bond acceptors (Lipinski definition) is 8. The number of non-ortho nitro benzene ring substituents is 1. The third kappa shape index (κ3) is 4.30. The number of amides is 1. The van der Waals surface area contributed by atoms with Crippen LogP contribution in [0, 0.1) is 15.5 Å². The summed E-state index contributed by atoms with van der Waals surface area (Å²) >= 11 is 2.52. The number of nitrogens with zero attached hydrogens (tertiary/aromatic N) is 4. The van der Waals surface area contributed by atoms with Gasteiger partial charge in [-0.15, -0.1) is 0 Å². The zero-order valence-electron chi connectivity index (χ0n) is 17.4. The molecule has 1 aromatic heterocycles. The summed E-state index contributed by atoms with van der Waals surface area (Å²) < 4.78 is 10.2. The van der Waals surface area contributed by atoms with Gasteiger partial charge in [0.1, 0.15) is 17.4 Å². The van der Waals surface area contributed by atoms with Crippen LogP contribution in [0.15, 0.2) is 86.1 Å². The second-order valence-electron chi connectivity index (χ2n) is 7.19. The van der Waals surface area contributed by atoms with E-state index in [4.69, 9.17) is 9.83 Å². The van der Waals surface area contributed by atoms with Crippen molar-refractivity contribution in [2.75, 3.05) is 0 Å². The lowest BCUT2D eigenvalue weighted by Gasteiger charge is -2.24. The first kappa shape index (κ1) is 21.9. The highest BCUT2D eigenvalue weighted by atomic mass is 32.2. The van der Waals surface area contributed by atoms with Crippen molar-refractivity contribution in [2.45, 2.75) is 5.75 Å². The predicted octanol–water partition coefficient (Wildman–Crippen LogP) is 5.36. The van der Waals surface area contributed by atoms with Crippen molar-refractivity contribution in [3.05, 3.63) is 93.7 Å². The van der Waals surface area contributed by atoms with Crippen LogP contribution in [0.1, 0.15) is 11.3 Å². The summed E-state index contributed by atoms with van der Waals surface area (Å²) in [4.78, 5) is 28.8. The van der Waals surface area contributed by atoms with Crippen LogP contribution in [0.3, 0.4) is 0 Å². The van der Waals surface area contributed by atoms with Gasteiger partial charge in [-0.05, 0) is 23.8 Å². The van der Waals surface area contributed by atoms with Gasteiger partial charge < -0.3 is 4.42 Å². The Morgan fingerprint density at radius 2 is 1.97 bits per heavy atom. The molecule has 34 heavy (non-hydrogen) atoms. The van der Waals surface area contributed by atoms with E-state index >= 15 is 0 Å². The van der Waals surface area contributed by atoms with Crippen LogP contribution in [0.5, 0.6) is 0 Å². The Morgan fingerprint density at radius 1 is 1.15 bits per heavy atom. The number of furan rings is 1. The number of fused-ring (bicyclic) bond motifs is 1. The molecule has 0 bridgehead atoms. The Labute approximate surface area is 202 Å². The van der Waals surface area contributed by atoms with E-state index in [0.717, 1.165) is 17.5 Å². The Kier molecular flexibility index (Phi) is 5.86. The number of nitrogens with one attached hydrogen (secondary N) is 1. The quantitative estimate of drug-likeness (QED) is 0.221. The molecule has 0 fully saturated rings. The normalized spacial score (nSPS) is 16.5. The van der Waals surface area contributed by atoms with Crippen molar-refractivity contribution in [3.63, 3.8) is 0 Å². The van der Waals surface area contributed by atoms with Crippen LogP contribution < -0.4 is 0 Å². The van der Waals surface area contributed by atoms with Gasteiger partial charge in [-0.25, -0.2) is 4.90 Å². The highest BCUT2D eigenvalue weighted by Gasteiger charge is 2.37. The van der Waals surface area contributed by atoms with Crippen LogP contribution >= 0.6 is 23.7 Å². The summed E-state index contributed by atoms with van der Waals surface area (Å²) in [5.74, 6) is 0.811. The van der Waals surface area contributed by atoms with Crippen molar-refractivity contribution in [1.82, 2.24) is 4.90 Å². The van der Waals surface area contributed by atoms with E-state index in [-0.39, 0.29) is 17.1 Å². The first-order valence-corrected chi connectivity index (χ1v) is 11.8. The number of nitro groups is 1. The van der Waals surface area contributed by atoms with Gasteiger partial charge in [0.05, 0.1) is 22.4 Å². The fourth-order valence-corrected chi connectivity index (χ4v) is 5.12. The molecule has 3 heterocycles. The molecule has 0 aliphatic carbocycles. The fourth-order valence-electron chi connectivity index (χ4n) is 3.32. The van der Waals surface area contributed by atoms with Gasteiger partial charge in [0.25, 0.3) is 11.6 Å². The standard InChI is InChI=1S/C23H15N5O4S2/c24-20-18(12-17-9-10-19(32-17)15-7-4-8-16(11-15)28(30)31)21(29)25-22-27(20)23(26-34-22)33-13-14-5-2-1-3-6-14/h1-12,24H,13H2. The summed E-state index contributed by atoms with van der Waals surface area (Å²) in [6.45, 7) is 0. The van der Waals surface area contributed by atoms with Gasteiger partial charge >= 0.3 is 0 Å². The van der Waals surface area contributed by atoms with E-state index in [1.165, 1.54) is 30.0 Å². The summed E-state index contributed by atoms with van der Waals surface area (Å²) in [6, 6.07) is 19.3. The van der Waals surface area contributed by atoms with Crippen LogP contribution in [0.4, 0.5) is 5.69 Å². The Morgan fingerprint density at radius 3 is 2.76 bits per heavy atom. The first-order valence-electron chi connectivity index (χ1n) is 10.00. The lowest BCUT2D eigenvalue weighted by molar-refractivity contribution is -0.384. The zero-order chi connectivity index (χ0) is 23.7. The SMILES string of the molecule is N=C1C(=Cc2ccc(-c3cccc([N+](=O)[O-])c3)o2)C(=O)N=C2SN=C(SCc3ccccc3)N12. The molecule has 5 rings (SSSR count). The topological polar surface area (TPSA) is 125 Å². The summed E-state index contributed by atoms with van der Waals surface area (Å²) in [5, 5.41) is 20.6. The fraction of sp³-hybridized carbons (Fsp3) is 0.0435. The molecule has 0 saturated carbocycles. The molecule has 1 N–H and O–H groups in total. The van der Waals surface area contributed by atoms with Gasteiger partial charge in [-0.2, -0.15) is 9.39 Å². The monoisotopic (exact) mass is 489 g/mol. The number of benzene rings is 2. The molecular formula is C23H15N5O4S2. The number of thioether (sulfide) groups is 1. The third-order valence-electron chi connectivity index (χ3n) is 4.96. The molecule has 2 aromatic carbocycles. The number of carbonyl (C=O) groups excluding carboxylic acids is 1. The van der Waals surface area contributed by atoms with Crippen LogP contribution in [0.2, 0.25) is 0 Å². The zero-order valence-corrected chi connectivity index (χ0v) is 19.0. The van der Waals surface area contributed by atoms with E-state index in [2.05, 4.69) is 9.39 Å². The molecule has 0 unspecified atom stereocenters. The number of aliphatic imine (C=N–C) groups is 1. The molecule has 11 heteroatoms.